The third-order valence-corrected chi connectivity index (χ3v) is 3.81. The number of aryl methyl sites for hydroxylation is 1. The monoisotopic (exact) mass is 303 g/mol. The maximum absolute atomic E-state index is 12.0. The van der Waals surface area contributed by atoms with Gasteiger partial charge in [-0.3, -0.25) is 4.79 Å². The molecule has 5 nitrogen and oxygen atoms in total. The van der Waals surface area contributed by atoms with Gasteiger partial charge in [0, 0.05) is 25.0 Å². The van der Waals surface area contributed by atoms with Crippen LogP contribution in [0.5, 0.6) is 0 Å². The number of likely N-dealkylation sites (tertiary alicyclic amines) is 1. The van der Waals surface area contributed by atoms with Crippen molar-refractivity contribution in [2.45, 2.75) is 52.2 Å². The van der Waals surface area contributed by atoms with Crippen LogP contribution in [0.1, 0.15) is 38.3 Å². The first-order valence-electron chi connectivity index (χ1n) is 7.66. The Bertz CT molecular complexity index is 563. The van der Waals surface area contributed by atoms with Crippen molar-refractivity contribution in [1.29, 1.82) is 0 Å². The normalized spacial score (nSPS) is 18.5. The van der Waals surface area contributed by atoms with Crippen LogP contribution in [0.3, 0.4) is 0 Å². The van der Waals surface area contributed by atoms with E-state index < -0.39 is 0 Å². The number of hydrogen-bond acceptors (Lipinski definition) is 2. The van der Waals surface area contributed by atoms with Crippen molar-refractivity contribution in [3.05, 3.63) is 35.4 Å². The maximum Gasteiger partial charge on any atom is 0.315 e. The van der Waals surface area contributed by atoms with Crippen LogP contribution in [0.2, 0.25) is 0 Å². The second-order valence-corrected chi connectivity index (χ2v) is 6.89. The number of hydrogen-bond donors (Lipinski definition) is 2. The minimum Gasteiger partial charge on any atom is -0.336 e. The number of rotatable bonds is 3. The molecule has 0 bridgehead atoms. The van der Waals surface area contributed by atoms with Crippen LogP contribution >= 0.6 is 0 Å². The summed E-state index contributed by atoms with van der Waals surface area (Å²) in [6, 6.07) is 7.67. The fraction of sp³-hybridized carbons (Fsp3) is 0.529. The lowest BCUT2D eigenvalue weighted by molar-refractivity contribution is -0.131. The topological polar surface area (TPSA) is 61.4 Å². The molecule has 22 heavy (non-hydrogen) atoms. The quantitative estimate of drug-likeness (QED) is 0.899. The molecule has 1 aliphatic rings. The van der Waals surface area contributed by atoms with Gasteiger partial charge in [0.05, 0.1) is 6.04 Å². The molecule has 0 radical (unpaired) electrons. The molecule has 120 valence electrons. The average Bonchev–Trinajstić information content (AvgIpc) is 2.77. The van der Waals surface area contributed by atoms with Crippen LogP contribution in [-0.4, -0.2) is 35.0 Å². The molecule has 3 amide bonds. The molecule has 0 spiro atoms. The summed E-state index contributed by atoms with van der Waals surface area (Å²) >= 11 is 0. The molecule has 2 N–H and O–H groups in total. The van der Waals surface area contributed by atoms with E-state index >= 15 is 0 Å². The van der Waals surface area contributed by atoms with Gasteiger partial charge >= 0.3 is 6.03 Å². The molecule has 1 aromatic carbocycles. The highest BCUT2D eigenvalue weighted by Crippen LogP contribution is 2.21. The Morgan fingerprint density at radius 1 is 1.36 bits per heavy atom. The third kappa shape index (κ3) is 4.23. The molecule has 0 aliphatic carbocycles. The Hall–Kier alpha value is -2.04. The van der Waals surface area contributed by atoms with E-state index in [4.69, 9.17) is 0 Å². The average molecular weight is 303 g/mol. The van der Waals surface area contributed by atoms with Gasteiger partial charge in [0.15, 0.2) is 0 Å². The first kappa shape index (κ1) is 16.3. The Kier molecular flexibility index (Phi) is 4.74. The summed E-state index contributed by atoms with van der Waals surface area (Å²) in [6.07, 6.45) is 0.370. The molecule has 1 unspecified atom stereocenters. The van der Waals surface area contributed by atoms with Crippen LogP contribution < -0.4 is 10.6 Å². The molecule has 0 aromatic heterocycles. The molecule has 1 saturated heterocycles. The van der Waals surface area contributed by atoms with E-state index in [2.05, 4.69) is 10.6 Å². The standard InChI is InChI=1S/C17H25N3O2/c1-12-6-5-7-13(8-12)10-18-16(22)19-14-9-15(21)20(11-14)17(2,3)4/h5-8,14H,9-11H2,1-4H3,(H2,18,19,22). The zero-order valence-electron chi connectivity index (χ0n) is 13.8. The lowest BCUT2D eigenvalue weighted by Gasteiger charge is -2.32. The highest BCUT2D eigenvalue weighted by molar-refractivity contribution is 5.82. The predicted octanol–water partition coefficient (Wildman–Crippen LogP) is 2.19. The Morgan fingerprint density at radius 3 is 2.68 bits per heavy atom. The number of amides is 3. The minimum atomic E-state index is -0.227. The lowest BCUT2D eigenvalue weighted by atomic mass is 10.1. The Balaban J connectivity index is 1.82. The van der Waals surface area contributed by atoms with E-state index in [0.717, 1.165) is 5.56 Å². The first-order valence-corrected chi connectivity index (χ1v) is 7.66. The van der Waals surface area contributed by atoms with Crippen molar-refractivity contribution in [2.24, 2.45) is 0 Å². The zero-order valence-corrected chi connectivity index (χ0v) is 13.8. The fourth-order valence-corrected chi connectivity index (χ4v) is 2.69. The molecule has 0 saturated carbocycles. The van der Waals surface area contributed by atoms with E-state index in [0.29, 0.717) is 19.5 Å². The lowest BCUT2D eigenvalue weighted by Crippen LogP contribution is -2.46. The van der Waals surface area contributed by atoms with E-state index in [9.17, 15) is 9.59 Å². The molecule has 5 heteroatoms. The van der Waals surface area contributed by atoms with Gasteiger partial charge in [0.25, 0.3) is 0 Å². The van der Waals surface area contributed by atoms with E-state index in [1.807, 2.05) is 56.9 Å². The first-order chi connectivity index (χ1) is 10.3. The van der Waals surface area contributed by atoms with Crippen molar-refractivity contribution < 1.29 is 9.59 Å². The molecular formula is C17H25N3O2. The largest absolute Gasteiger partial charge is 0.336 e. The summed E-state index contributed by atoms with van der Waals surface area (Å²) in [5.74, 6) is 0.0940. The maximum atomic E-state index is 12.0. The van der Waals surface area contributed by atoms with Gasteiger partial charge in [-0.15, -0.1) is 0 Å². The molecule has 1 fully saturated rings. The van der Waals surface area contributed by atoms with Gasteiger partial charge in [-0.05, 0) is 33.3 Å². The molecule has 1 aliphatic heterocycles. The van der Waals surface area contributed by atoms with E-state index in [-0.39, 0.29) is 23.5 Å². The van der Waals surface area contributed by atoms with Crippen LogP contribution in [-0.2, 0) is 11.3 Å². The molecular weight excluding hydrogens is 278 g/mol. The third-order valence-electron chi connectivity index (χ3n) is 3.81. The second kappa shape index (κ2) is 6.38. The van der Waals surface area contributed by atoms with E-state index in [1.165, 1.54) is 5.56 Å². The highest BCUT2D eigenvalue weighted by Gasteiger charge is 2.36. The minimum absolute atomic E-state index is 0.0940. The van der Waals surface area contributed by atoms with Crippen molar-refractivity contribution in [3.8, 4) is 0 Å². The smallest absolute Gasteiger partial charge is 0.315 e. The van der Waals surface area contributed by atoms with Gasteiger partial charge in [-0.25, -0.2) is 4.79 Å². The Morgan fingerprint density at radius 2 is 2.09 bits per heavy atom. The number of nitrogens with one attached hydrogen (secondary N) is 2. The van der Waals surface area contributed by atoms with Gasteiger partial charge in [-0.1, -0.05) is 29.8 Å². The number of benzene rings is 1. The SMILES string of the molecule is Cc1cccc(CNC(=O)NC2CC(=O)N(C(C)(C)C)C2)c1. The second-order valence-electron chi connectivity index (χ2n) is 6.89. The number of urea groups is 1. The van der Waals surface area contributed by atoms with Crippen LogP contribution in [0.15, 0.2) is 24.3 Å². The zero-order chi connectivity index (χ0) is 16.3. The van der Waals surface area contributed by atoms with E-state index in [1.54, 1.807) is 0 Å². The van der Waals surface area contributed by atoms with Gasteiger partial charge in [0.2, 0.25) is 5.91 Å². The Labute approximate surface area is 132 Å². The summed E-state index contributed by atoms with van der Waals surface area (Å²) in [6.45, 7) is 9.09. The molecule has 1 atom stereocenters. The van der Waals surface area contributed by atoms with Crippen molar-refractivity contribution >= 4 is 11.9 Å². The van der Waals surface area contributed by atoms with Crippen LogP contribution in [0, 0.1) is 6.92 Å². The summed E-state index contributed by atoms with van der Waals surface area (Å²) in [7, 11) is 0. The molecule has 1 heterocycles. The number of carbonyl (C=O) groups is 2. The van der Waals surface area contributed by atoms with Gasteiger partial charge in [-0.2, -0.15) is 0 Å². The summed E-state index contributed by atoms with van der Waals surface area (Å²) in [5, 5.41) is 5.73. The number of nitrogens with zero attached hydrogens (tertiary/aromatic N) is 1. The van der Waals surface area contributed by atoms with Crippen molar-refractivity contribution in [3.63, 3.8) is 0 Å². The summed E-state index contributed by atoms with van der Waals surface area (Å²) in [4.78, 5) is 25.8. The van der Waals surface area contributed by atoms with Gasteiger partial charge < -0.3 is 15.5 Å². The molecule has 2 rings (SSSR count). The summed E-state index contributed by atoms with van der Waals surface area (Å²) in [5.41, 5.74) is 2.03. The van der Waals surface area contributed by atoms with Crippen LogP contribution in [0.25, 0.3) is 0 Å². The van der Waals surface area contributed by atoms with Gasteiger partial charge in [0.1, 0.15) is 0 Å². The van der Waals surface area contributed by atoms with Crippen molar-refractivity contribution in [2.75, 3.05) is 6.54 Å². The highest BCUT2D eigenvalue weighted by atomic mass is 16.2. The number of carbonyl (C=O) groups excluding carboxylic acids is 2. The predicted molar refractivity (Wildman–Crippen MR) is 86.4 cm³/mol. The van der Waals surface area contributed by atoms with Crippen LogP contribution in [0.4, 0.5) is 4.79 Å². The molecule has 1 aromatic rings. The van der Waals surface area contributed by atoms with Crippen molar-refractivity contribution in [1.82, 2.24) is 15.5 Å². The fourth-order valence-electron chi connectivity index (χ4n) is 2.69. The summed E-state index contributed by atoms with van der Waals surface area (Å²) < 4.78 is 0.